The van der Waals surface area contributed by atoms with Gasteiger partial charge in [0.15, 0.2) is 0 Å². The number of nitrogens with one attached hydrogen (secondary N) is 1. The smallest absolute Gasteiger partial charge is 0.416 e. The molecule has 0 fully saturated rings. The van der Waals surface area contributed by atoms with E-state index in [-0.39, 0.29) is 35.8 Å². The van der Waals surface area contributed by atoms with Crippen molar-refractivity contribution in [2.75, 3.05) is 23.1 Å². The second-order valence-corrected chi connectivity index (χ2v) is 8.14. The quantitative estimate of drug-likeness (QED) is 0.467. The first-order valence-corrected chi connectivity index (χ1v) is 10.7. The minimum Gasteiger partial charge on any atom is -0.491 e. The van der Waals surface area contributed by atoms with Crippen LogP contribution < -0.4 is 20.1 Å². The Balaban J connectivity index is 1.75. The van der Waals surface area contributed by atoms with E-state index >= 15 is 0 Å². The molecule has 3 heterocycles. The fourth-order valence-corrected chi connectivity index (χ4v) is 4.30. The number of aryl methyl sites for hydroxylation is 1. The minimum atomic E-state index is -4.62. The summed E-state index contributed by atoms with van der Waals surface area (Å²) in [4.78, 5) is 31.1. The molecule has 2 aromatic carbocycles. The summed E-state index contributed by atoms with van der Waals surface area (Å²) in [6.07, 6.45) is -2.95. The zero-order valence-electron chi connectivity index (χ0n) is 17.8. The summed E-state index contributed by atoms with van der Waals surface area (Å²) in [6.45, 7) is 0.0863. The van der Waals surface area contributed by atoms with E-state index in [4.69, 9.17) is 4.74 Å². The van der Waals surface area contributed by atoms with Crippen LogP contribution in [0.25, 0.3) is 0 Å². The first-order valence-electron chi connectivity index (χ1n) is 10.7. The Morgan fingerprint density at radius 2 is 1.68 bits per heavy atom. The Labute approximate surface area is 191 Å². The Morgan fingerprint density at radius 1 is 0.882 bits per heavy atom. The number of pyridine rings is 1. The van der Waals surface area contributed by atoms with Gasteiger partial charge in [-0.1, -0.05) is 0 Å². The van der Waals surface area contributed by atoms with E-state index in [0.717, 1.165) is 18.2 Å². The summed E-state index contributed by atoms with van der Waals surface area (Å²) >= 11 is 0. The van der Waals surface area contributed by atoms with Crippen LogP contribution in [0.4, 0.5) is 34.6 Å². The fourth-order valence-electron chi connectivity index (χ4n) is 4.30. The number of aromatic nitrogens is 1. The van der Waals surface area contributed by atoms with Crippen LogP contribution in [-0.4, -0.2) is 24.2 Å². The van der Waals surface area contributed by atoms with Crippen LogP contribution in [-0.2, 0) is 12.6 Å². The van der Waals surface area contributed by atoms with Gasteiger partial charge in [0.25, 0.3) is 5.91 Å². The Bertz CT molecular complexity index is 1340. The van der Waals surface area contributed by atoms with Gasteiger partial charge in [-0.05, 0) is 55.7 Å². The number of benzene rings is 2. The van der Waals surface area contributed by atoms with Crippen molar-refractivity contribution in [3.63, 3.8) is 0 Å². The van der Waals surface area contributed by atoms with Crippen LogP contribution in [0.3, 0.4) is 0 Å². The van der Waals surface area contributed by atoms with Gasteiger partial charge in [0.05, 0.1) is 34.8 Å². The number of fused-ring (bicyclic) bond motifs is 8. The van der Waals surface area contributed by atoms with E-state index in [2.05, 4.69) is 4.98 Å². The molecular weight excluding hydrogens is 454 g/mol. The summed E-state index contributed by atoms with van der Waals surface area (Å²) < 4.78 is 60.4. The maximum atomic E-state index is 14.0. The largest absolute Gasteiger partial charge is 0.491 e. The highest BCUT2D eigenvalue weighted by molar-refractivity contribution is 6.13. The number of amides is 1. The van der Waals surface area contributed by atoms with Gasteiger partial charge in [-0.25, -0.2) is 4.39 Å². The van der Waals surface area contributed by atoms with Gasteiger partial charge in [-0.3, -0.25) is 14.5 Å². The van der Waals surface area contributed by atoms with E-state index in [9.17, 15) is 27.2 Å². The molecule has 1 aromatic heterocycles. The number of hydrogen-bond acceptors (Lipinski definition) is 4. The highest BCUT2D eigenvalue weighted by Gasteiger charge is 2.37. The molecule has 6 nitrogen and oxygen atoms in total. The van der Waals surface area contributed by atoms with Gasteiger partial charge in [-0.2, -0.15) is 13.2 Å². The molecule has 1 amide bonds. The monoisotopic (exact) mass is 473 g/mol. The number of aromatic amines is 1. The molecule has 2 aliphatic heterocycles. The number of rotatable bonds is 0. The number of H-pyrrole nitrogens is 1. The molecule has 2 bridgehead atoms. The van der Waals surface area contributed by atoms with Crippen molar-refractivity contribution in [3.05, 3.63) is 81.5 Å². The summed E-state index contributed by atoms with van der Waals surface area (Å²) in [5.41, 5.74) is 0.194. The van der Waals surface area contributed by atoms with Crippen LogP contribution in [0.1, 0.15) is 34.5 Å². The molecule has 10 heteroatoms. The van der Waals surface area contributed by atoms with Crippen molar-refractivity contribution in [2.24, 2.45) is 0 Å². The standard InChI is InChI=1S/C24H19F4N3O3/c25-15-5-7-19-21(12-15)34-10-2-1-3-17-18(8-9-22(32)29-17)31-13-30(19)20-11-14(24(26,27)28)4-6-16(20)23(31)33/h4-9,11-12H,1-3,10,13H2,(H,29,32). The van der Waals surface area contributed by atoms with Crippen molar-refractivity contribution >= 4 is 23.0 Å². The summed E-state index contributed by atoms with van der Waals surface area (Å²) in [7, 11) is 0. The molecule has 0 atom stereocenters. The molecule has 2 aliphatic rings. The molecule has 176 valence electrons. The van der Waals surface area contributed by atoms with Crippen molar-refractivity contribution in [1.82, 2.24) is 4.98 Å². The molecule has 5 rings (SSSR count). The maximum absolute atomic E-state index is 14.0. The molecule has 0 aliphatic carbocycles. The van der Waals surface area contributed by atoms with Crippen molar-refractivity contribution in [1.29, 1.82) is 0 Å². The van der Waals surface area contributed by atoms with Gasteiger partial charge in [0, 0.05) is 17.8 Å². The first-order chi connectivity index (χ1) is 16.2. The van der Waals surface area contributed by atoms with Crippen LogP contribution in [0.2, 0.25) is 0 Å². The van der Waals surface area contributed by atoms with E-state index in [1.54, 1.807) is 0 Å². The molecule has 0 unspecified atom stereocenters. The molecule has 0 radical (unpaired) electrons. The van der Waals surface area contributed by atoms with E-state index in [1.165, 1.54) is 40.1 Å². The fraction of sp³-hybridized carbons (Fsp3) is 0.250. The van der Waals surface area contributed by atoms with Crippen LogP contribution in [0.5, 0.6) is 5.75 Å². The highest BCUT2D eigenvalue weighted by atomic mass is 19.4. The first kappa shape index (κ1) is 22.0. The number of hydrogen-bond donors (Lipinski definition) is 1. The second-order valence-electron chi connectivity index (χ2n) is 8.14. The van der Waals surface area contributed by atoms with Gasteiger partial charge in [-0.15, -0.1) is 0 Å². The number of anilines is 3. The predicted octanol–water partition coefficient (Wildman–Crippen LogP) is 5.00. The third kappa shape index (κ3) is 3.89. The normalized spacial score (nSPS) is 15.9. The molecule has 0 spiro atoms. The number of carbonyl (C=O) groups excluding carboxylic acids is 1. The third-order valence-corrected chi connectivity index (χ3v) is 5.93. The van der Waals surface area contributed by atoms with Crippen molar-refractivity contribution in [2.45, 2.75) is 25.4 Å². The van der Waals surface area contributed by atoms with Gasteiger partial charge < -0.3 is 14.6 Å². The topological polar surface area (TPSA) is 65.6 Å². The second kappa shape index (κ2) is 8.19. The number of carbonyl (C=O) groups is 1. The predicted molar refractivity (Wildman–Crippen MR) is 117 cm³/mol. The summed E-state index contributed by atoms with van der Waals surface area (Å²) in [5.74, 6) is -0.891. The van der Waals surface area contributed by atoms with Gasteiger partial charge in [0.2, 0.25) is 5.56 Å². The zero-order valence-corrected chi connectivity index (χ0v) is 17.8. The van der Waals surface area contributed by atoms with Crippen LogP contribution >= 0.6 is 0 Å². The van der Waals surface area contributed by atoms with E-state index in [0.29, 0.717) is 36.3 Å². The lowest BCUT2D eigenvalue weighted by molar-refractivity contribution is -0.137. The Hall–Kier alpha value is -3.82. The maximum Gasteiger partial charge on any atom is 0.416 e. The van der Waals surface area contributed by atoms with Crippen LogP contribution in [0.15, 0.2) is 53.3 Å². The molecule has 3 aromatic rings. The average Bonchev–Trinajstić information content (AvgIpc) is 2.78. The van der Waals surface area contributed by atoms with E-state index in [1.807, 2.05) is 0 Å². The lowest BCUT2D eigenvalue weighted by Gasteiger charge is -2.39. The van der Waals surface area contributed by atoms with Crippen molar-refractivity contribution in [3.8, 4) is 5.75 Å². The SMILES string of the molecule is O=C1c2ccc(C(F)(F)F)cc2N2CN1c1ccc(=O)[nH]c1CCCCOc1cc(F)ccc12. The molecular formula is C24H19F4N3O3. The Kier molecular flexibility index (Phi) is 5.30. The van der Waals surface area contributed by atoms with Gasteiger partial charge in [0.1, 0.15) is 18.2 Å². The zero-order chi connectivity index (χ0) is 24.0. The lowest BCUT2D eigenvalue weighted by Crippen LogP contribution is -2.46. The number of halogens is 4. The van der Waals surface area contributed by atoms with Crippen molar-refractivity contribution < 1.29 is 27.1 Å². The van der Waals surface area contributed by atoms with Gasteiger partial charge >= 0.3 is 6.18 Å². The minimum absolute atomic E-state index is 0.0376. The van der Waals surface area contributed by atoms with Crippen LogP contribution in [0, 0.1) is 5.82 Å². The van der Waals surface area contributed by atoms with E-state index < -0.39 is 23.5 Å². The molecule has 1 N–H and O–H groups in total. The number of alkyl halides is 3. The molecule has 0 saturated carbocycles. The molecule has 0 saturated heterocycles. The Morgan fingerprint density at radius 3 is 2.47 bits per heavy atom. The molecule has 34 heavy (non-hydrogen) atoms. The summed E-state index contributed by atoms with van der Waals surface area (Å²) in [5, 5.41) is 0. The highest BCUT2D eigenvalue weighted by Crippen LogP contribution is 2.43. The average molecular weight is 473 g/mol. The third-order valence-electron chi connectivity index (χ3n) is 5.93. The summed E-state index contributed by atoms with van der Waals surface area (Å²) in [6, 6.07) is 9.54. The number of nitrogens with zero attached hydrogens (tertiary/aromatic N) is 2. The lowest BCUT2D eigenvalue weighted by atomic mass is 10.0. The number of ether oxygens (including phenoxy) is 1.